The van der Waals surface area contributed by atoms with Gasteiger partial charge in [0.25, 0.3) is 0 Å². The highest BCUT2D eigenvalue weighted by atomic mass is 16.7. The Labute approximate surface area is 68.9 Å². The average Bonchev–Trinajstić information content (AvgIpc) is 1.88. The first-order valence-electron chi connectivity index (χ1n) is 4.25. The van der Waals surface area contributed by atoms with Crippen LogP contribution in [-0.2, 0) is 9.47 Å². The molecule has 0 saturated carbocycles. The van der Waals surface area contributed by atoms with Crippen LogP contribution in [0.2, 0.25) is 0 Å². The van der Waals surface area contributed by atoms with Gasteiger partial charge in [0.05, 0.1) is 0 Å². The van der Waals surface area contributed by atoms with Crippen molar-refractivity contribution >= 4 is 0 Å². The summed E-state index contributed by atoms with van der Waals surface area (Å²) in [7, 11) is 0. The molecule has 11 heavy (non-hydrogen) atoms. The Bertz CT molecular complexity index is 79.1. The van der Waals surface area contributed by atoms with Gasteiger partial charge in [-0.3, -0.25) is 5.73 Å². The minimum absolute atomic E-state index is 0.594. The molecule has 68 valence electrons. The molecule has 0 spiro atoms. The van der Waals surface area contributed by atoms with Gasteiger partial charge in [0, 0.05) is 19.6 Å². The second-order valence-corrected chi connectivity index (χ2v) is 2.43. The fraction of sp³-hybridized carbons (Fsp3) is 1.00. The normalized spacial score (nSPS) is 12.0. The first kappa shape index (κ1) is 10.9. The van der Waals surface area contributed by atoms with Crippen molar-refractivity contribution in [1.29, 1.82) is 0 Å². The summed E-state index contributed by atoms with van der Waals surface area (Å²) in [5.41, 5.74) is 5.79. The quantitative estimate of drug-likeness (QED) is 0.600. The van der Waals surface area contributed by atoms with Gasteiger partial charge >= 0.3 is 0 Å². The molecule has 0 rings (SSSR count). The van der Waals surface area contributed by atoms with Crippen LogP contribution in [0.4, 0.5) is 0 Å². The summed E-state index contributed by atoms with van der Waals surface area (Å²) in [6.45, 7) is 7.07. The van der Waals surface area contributed by atoms with Crippen LogP contribution in [0.25, 0.3) is 0 Å². The number of hydrogen-bond acceptors (Lipinski definition) is 3. The number of rotatable bonds is 6. The summed E-state index contributed by atoms with van der Waals surface area (Å²) in [6, 6.07) is 0. The summed E-state index contributed by atoms with van der Waals surface area (Å²) in [5, 5.41) is 0. The average molecular weight is 161 g/mol. The van der Waals surface area contributed by atoms with Crippen molar-refractivity contribution in [1.82, 2.24) is 0 Å². The van der Waals surface area contributed by atoms with Crippen LogP contribution in [0.15, 0.2) is 0 Å². The van der Waals surface area contributed by atoms with E-state index in [4.69, 9.17) is 15.2 Å². The van der Waals surface area contributed by atoms with Gasteiger partial charge in [0.15, 0.2) is 0 Å². The Hall–Kier alpha value is -0.120. The molecule has 0 aromatic carbocycles. The van der Waals surface area contributed by atoms with Crippen LogP contribution in [0, 0.1) is 0 Å². The Morgan fingerprint density at radius 2 is 1.55 bits per heavy atom. The van der Waals surface area contributed by atoms with Crippen molar-refractivity contribution < 1.29 is 9.47 Å². The molecule has 0 aliphatic rings. The fourth-order valence-corrected chi connectivity index (χ4v) is 1.02. The fourth-order valence-electron chi connectivity index (χ4n) is 1.02. The van der Waals surface area contributed by atoms with Gasteiger partial charge < -0.3 is 9.47 Å². The first-order chi connectivity index (χ1) is 5.18. The van der Waals surface area contributed by atoms with E-state index in [2.05, 4.69) is 6.92 Å². The third kappa shape index (κ3) is 4.35. The second kappa shape index (κ2) is 5.52. The van der Waals surface area contributed by atoms with Crippen LogP contribution in [-0.4, -0.2) is 19.1 Å². The minimum Gasteiger partial charge on any atom is -0.338 e. The van der Waals surface area contributed by atoms with E-state index >= 15 is 0 Å². The highest BCUT2D eigenvalue weighted by molar-refractivity contribution is 4.58. The molecule has 0 saturated heterocycles. The lowest BCUT2D eigenvalue weighted by Crippen LogP contribution is -2.45. The zero-order valence-electron chi connectivity index (χ0n) is 7.72. The van der Waals surface area contributed by atoms with Crippen LogP contribution < -0.4 is 5.73 Å². The zero-order chi connectivity index (χ0) is 8.74. The maximum atomic E-state index is 5.79. The lowest BCUT2D eigenvalue weighted by atomic mass is 10.3. The molecule has 3 heteroatoms. The van der Waals surface area contributed by atoms with Gasteiger partial charge in [-0.15, -0.1) is 0 Å². The molecule has 0 bridgehead atoms. The summed E-state index contributed by atoms with van der Waals surface area (Å²) >= 11 is 0. The first-order valence-corrected chi connectivity index (χ1v) is 4.25. The van der Waals surface area contributed by atoms with Gasteiger partial charge in [-0.05, 0) is 20.3 Å². The topological polar surface area (TPSA) is 44.5 Å². The molecule has 0 fully saturated rings. The third-order valence-electron chi connectivity index (χ3n) is 1.38. The largest absolute Gasteiger partial charge is 0.338 e. The lowest BCUT2D eigenvalue weighted by Gasteiger charge is -2.28. The van der Waals surface area contributed by atoms with E-state index in [-0.39, 0.29) is 0 Å². The maximum absolute atomic E-state index is 5.79. The minimum atomic E-state index is -0.849. The van der Waals surface area contributed by atoms with Gasteiger partial charge in [0.2, 0.25) is 5.91 Å². The van der Waals surface area contributed by atoms with Gasteiger partial charge in [-0.25, -0.2) is 0 Å². The Morgan fingerprint density at radius 3 is 1.82 bits per heavy atom. The van der Waals surface area contributed by atoms with Gasteiger partial charge in [0.1, 0.15) is 0 Å². The van der Waals surface area contributed by atoms with Crippen molar-refractivity contribution in [2.45, 2.75) is 39.5 Å². The number of nitrogens with two attached hydrogens (primary N) is 1. The molecular formula is C8H19NO2. The van der Waals surface area contributed by atoms with Gasteiger partial charge in [-0.2, -0.15) is 0 Å². The molecule has 0 radical (unpaired) electrons. The van der Waals surface area contributed by atoms with E-state index in [1.807, 2.05) is 13.8 Å². The van der Waals surface area contributed by atoms with Crippen molar-refractivity contribution in [2.24, 2.45) is 5.73 Å². The van der Waals surface area contributed by atoms with Crippen LogP contribution >= 0.6 is 0 Å². The van der Waals surface area contributed by atoms with E-state index in [0.29, 0.717) is 13.2 Å². The summed E-state index contributed by atoms with van der Waals surface area (Å²) < 4.78 is 10.5. The second-order valence-electron chi connectivity index (χ2n) is 2.43. The number of ether oxygens (including phenoxy) is 2. The van der Waals surface area contributed by atoms with E-state index in [1.54, 1.807) is 0 Å². The molecule has 0 aromatic heterocycles. The highest BCUT2D eigenvalue weighted by Crippen LogP contribution is 2.12. The van der Waals surface area contributed by atoms with Crippen LogP contribution in [0.3, 0.4) is 0 Å². The molecule has 0 amide bonds. The molecular weight excluding hydrogens is 142 g/mol. The molecule has 0 aliphatic carbocycles. The van der Waals surface area contributed by atoms with E-state index in [0.717, 1.165) is 12.8 Å². The molecule has 0 aliphatic heterocycles. The standard InChI is InChI=1S/C8H19NO2/c1-4-7-8(9,10-5-2)11-6-3/h4-7,9H2,1-3H3. The van der Waals surface area contributed by atoms with Crippen molar-refractivity contribution in [3.05, 3.63) is 0 Å². The molecule has 0 aromatic rings. The third-order valence-corrected chi connectivity index (χ3v) is 1.38. The van der Waals surface area contributed by atoms with Crippen molar-refractivity contribution in [3.8, 4) is 0 Å². The molecule has 0 heterocycles. The Balaban J connectivity index is 3.79. The molecule has 3 nitrogen and oxygen atoms in total. The van der Waals surface area contributed by atoms with E-state index in [9.17, 15) is 0 Å². The monoisotopic (exact) mass is 161 g/mol. The Morgan fingerprint density at radius 1 is 1.09 bits per heavy atom. The maximum Gasteiger partial charge on any atom is 0.224 e. The van der Waals surface area contributed by atoms with Crippen molar-refractivity contribution in [3.63, 3.8) is 0 Å². The summed E-state index contributed by atoms with van der Waals surface area (Å²) in [5.74, 6) is -0.849. The van der Waals surface area contributed by atoms with Crippen molar-refractivity contribution in [2.75, 3.05) is 13.2 Å². The molecule has 0 unspecified atom stereocenters. The SMILES string of the molecule is CCCC(N)(OCC)OCC. The highest BCUT2D eigenvalue weighted by Gasteiger charge is 2.23. The summed E-state index contributed by atoms with van der Waals surface area (Å²) in [6.07, 6.45) is 1.71. The van der Waals surface area contributed by atoms with E-state index < -0.39 is 5.91 Å². The van der Waals surface area contributed by atoms with Gasteiger partial charge in [-0.1, -0.05) is 6.92 Å². The van der Waals surface area contributed by atoms with E-state index in [1.165, 1.54) is 0 Å². The van der Waals surface area contributed by atoms with Crippen LogP contribution in [0.1, 0.15) is 33.6 Å². The number of hydrogen-bond donors (Lipinski definition) is 1. The predicted molar refractivity (Wildman–Crippen MR) is 45.1 cm³/mol. The predicted octanol–water partition coefficient (Wildman–Crippen LogP) is 1.47. The lowest BCUT2D eigenvalue weighted by molar-refractivity contribution is -0.233. The van der Waals surface area contributed by atoms with Crippen LogP contribution in [0.5, 0.6) is 0 Å². The zero-order valence-corrected chi connectivity index (χ0v) is 7.72. The Kier molecular flexibility index (Phi) is 5.46. The summed E-state index contributed by atoms with van der Waals surface area (Å²) in [4.78, 5) is 0. The molecule has 2 N–H and O–H groups in total. The molecule has 0 atom stereocenters. The smallest absolute Gasteiger partial charge is 0.224 e.